The molecular formula is C60H73BN2SSi. The van der Waals surface area contributed by atoms with E-state index >= 15 is 0 Å². The topological polar surface area (TPSA) is 6.48 Å². The van der Waals surface area contributed by atoms with Crippen LogP contribution < -0.4 is 30.7 Å². The standard InChI is InChI=1S/C60H73BN2SSi/c1-36-29-49-52-50(30-36)63(37-17-20-39(21-18-37)65(14,15)16)53-40-32-43-46(60(12,13)28-25-57(43,6)7)35-51(40)64-54(53)61(52)47-33-44-45(59(10,11)27-26-58(44,8)9)34-48(47)62(49)38-19-22-41-42(31-38)56(4,5)24-23-55(41,2)3/h17-22,29-35H,23-28H2,1-16H3. The van der Waals surface area contributed by atoms with Crippen molar-refractivity contribution in [2.45, 2.75) is 181 Å². The van der Waals surface area contributed by atoms with E-state index < -0.39 is 8.07 Å². The van der Waals surface area contributed by atoms with E-state index in [1.165, 1.54) is 126 Å². The van der Waals surface area contributed by atoms with Crippen LogP contribution in [0.15, 0.2) is 78.9 Å². The lowest BCUT2D eigenvalue weighted by Crippen LogP contribution is -2.61. The third-order valence-electron chi connectivity index (χ3n) is 17.8. The molecule has 336 valence electrons. The van der Waals surface area contributed by atoms with Gasteiger partial charge in [0, 0.05) is 43.3 Å². The van der Waals surface area contributed by atoms with E-state index in [9.17, 15) is 0 Å². The van der Waals surface area contributed by atoms with Gasteiger partial charge in [-0.05, 0) is 182 Å². The molecule has 0 spiro atoms. The summed E-state index contributed by atoms with van der Waals surface area (Å²) in [6.07, 6.45) is 7.23. The van der Waals surface area contributed by atoms with Gasteiger partial charge in [-0.3, -0.25) is 0 Å². The quantitative estimate of drug-likeness (QED) is 0.163. The molecule has 2 nitrogen and oxygen atoms in total. The Balaban J connectivity index is 1.27. The van der Waals surface area contributed by atoms with Crippen molar-refractivity contribution >= 4 is 91.2 Å². The lowest BCUT2D eigenvalue weighted by Gasteiger charge is -2.47. The highest BCUT2D eigenvalue weighted by molar-refractivity contribution is 7.33. The fourth-order valence-corrected chi connectivity index (χ4v) is 15.6. The van der Waals surface area contributed by atoms with E-state index in [1.807, 2.05) is 0 Å². The van der Waals surface area contributed by atoms with Gasteiger partial charge in [-0.25, -0.2) is 0 Å². The van der Waals surface area contributed by atoms with Gasteiger partial charge < -0.3 is 9.80 Å². The van der Waals surface area contributed by atoms with Gasteiger partial charge in [0.2, 0.25) is 0 Å². The smallest absolute Gasteiger partial charge is 0.264 e. The second-order valence-electron chi connectivity index (χ2n) is 26.3. The molecule has 2 aliphatic heterocycles. The maximum absolute atomic E-state index is 2.73. The molecule has 6 aromatic rings. The number of anilines is 6. The highest BCUT2D eigenvalue weighted by atomic mass is 32.1. The summed E-state index contributed by atoms with van der Waals surface area (Å²) >= 11 is 2.08. The van der Waals surface area contributed by atoms with Crippen molar-refractivity contribution in [2.24, 2.45) is 0 Å². The zero-order valence-electron chi connectivity index (χ0n) is 42.6. The number of nitrogens with zero attached hydrogens (tertiary/aromatic N) is 2. The minimum Gasteiger partial charge on any atom is -0.311 e. The zero-order valence-corrected chi connectivity index (χ0v) is 44.4. The maximum Gasteiger partial charge on any atom is 0.264 e. The van der Waals surface area contributed by atoms with E-state index in [-0.39, 0.29) is 39.2 Å². The van der Waals surface area contributed by atoms with Crippen LogP contribution in [0, 0.1) is 6.92 Å². The monoisotopic (exact) mass is 893 g/mol. The SMILES string of the molecule is Cc1cc2c3c(c1)N(c1ccc([Si](C)(C)C)cc1)c1c(sc4cc5c(cc14)C(C)(C)CCC5(C)C)B3c1cc3c(cc1N2c1ccc2c(c1)C(C)(C)CCC2(C)C)C(C)(C)CCC3(C)C. The van der Waals surface area contributed by atoms with Crippen LogP contribution in [0.1, 0.15) is 161 Å². The number of aryl methyl sites for hydroxylation is 1. The lowest BCUT2D eigenvalue weighted by atomic mass is 9.35. The largest absolute Gasteiger partial charge is 0.311 e. The fraction of sp³-hybridized carbons (Fsp3) is 0.467. The van der Waals surface area contributed by atoms with Crippen LogP contribution in [0.5, 0.6) is 0 Å². The fourth-order valence-electron chi connectivity index (χ4n) is 13.1. The summed E-state index contributed by atoms with van der Waals surface area (Å²) in [6.45, 7) is 39.7. The molecule has 0 fully saturated rings. The summed E-state index contributed by atoms with van der Waals surface area (Å²) in [7, 11) is -1.53. The second kappa shape index (κ2) is 13.6. The summed E-state index contributed by atoms with van der Waals surface area (Å²) < 4.78 is 2.92. The van der Waals surface area contributed by atoms with Crippen LogP contribution in [-0.4, -0.2) is 14.8 Å². The second-order valence-corrected chi connectivity index (χ2v) is 32.5. The van der Waals surface area contributed by atoms with E-state index in [0.717, 1.165) is 0 Å². The van der Waals surface area contributed by atoms with Crippen LogP contribution in [0.3, 0.4) is 0 Å². The van der Waals surface area contributed by atoms with Crippen molar-refractivity contribution < 1.29 is 0 Å². The Morgan fingerprint density at radius 3 is 1.49 bits per heavy atom. The normalized spacial score (nSPS) is 21.2. The van der Waals surface area contributed by atoms with Gasteiger partial charge in [-0.15, -0.1) is 11.3 Å². The van der Waals surface area contributed by atoms with Gasteiger partial charge in [0.05, 0.1) is 13.8 Å². The van der Waals surface area contributed by atoms with Gasteiger partial charge in [0.25, 0.3) is 6.71 Å². The first-order valence-electron chi connectivity index (χ1n) is 25.0. The third-order valence-corrected chi connectivity index (χ3v) is 21.1. The summed E-state index contributed by atoms with van der Waals surface area (Å²) in [5, 5.41) is 2.92. The summed E-state index contributed by atoms with van der Waals surface area (Å²) in [5.74, 6) is 0. The molecule has 5 heteroatoms. The molecule has 11 rings (SSSR count). The summed E-state index contributed by atoms with van der Waals surface area (Å²) in [5.41, 5.74) is 22.1. The van der Waals surface area contributed by atoms with E-state index in [1.54, 1.807) is 16.7 Å². The first kappa shape index (κ1) is 43.5. The molecule has 5 aliphatic rings. The van der Waals surface area contributed by atoms with Crippen LogP contribution in [0.4, 0.5) is 34.1 Å². The Hall–Kier alpha value is -4.06. The number of rotatable bonds is 3. The van der Waals surface area contributed by atoms with Crippen LogP contribution in [0.25, 0.3) is 10.1 Å². The third kappa shape index (κ3) is 6.36. The molecule has 0 amide bonds. The van der Waals surface area contributed by atoms with Crippen molar-refractivity contribution in [3.05, 3.63) is 118 Å². The predicted octanol–water partition coefficient (Wildman–Crippen LogP) is 14.9. The minimum absolute atomic E-state index is 0.0817. The number of benzene rings is 5. The minimum atomic E-state index is -1.53. The van der Waals surface area contributed by atoms with Crippen molar-refractivity contribution in [1.82, 2.24) is 0 Å². The van der Waals surface area contributed by atoms with Gasteiger partial charge in [0.1, 0.15) is 0 Å². The molecule has 0 radical (unpaired) electrons. The molecule has 0 atom stereocenters. The van der Waals surface area contributed by atoms with Gasteiger partial charge in [0.15, 0.2) is 0 Å². The van der Waals surface area contributed by atoms with Crippen LogP contribution >= 0.6 is 11.3 Å². The zero-order chi connectivity index (χ0) is 46.3. The Morgan fingerprint density at radius 2 is 0.938 bits per heavy atom. The average molecular weight is 893 g/mol. The lowest BCUT2D eigenvalue weighted by molar-refractivity contribution is 0.332. The molecule has 1 aromatic heterocycles. The maximum atomic E-state index is 2.73. The molecule has 0 saturated heterocycles. The highest BCUT2D eigenvalue weighted by Gasteiger charge is 2.49. The molecular weight excluding hydrogens is 820 g/mol. The van der Waals surface area contributed by atoms with Crippen LogP contribution in [-0.2, 0) is 32.5 Å². The number of thiophene rings is 1. The molecule has 0 unspecified atom stereocenters. The van der Waals surface area contributed by atoms with E-state index in [0.29, 0.717) is 0 Å². The Bertz CT molecular complexity index is 3010. The van der Waals surface area contributed by atoms with Crippen LogP contribution in [0.2, 0.25) is 19.6 Å². The van der Waals surface area contributed by atoms with Crippen molar-refractivity contribution in [1.29, 1.82) is 0 Å². The Kier molecular flexibility index (Phi) is 9.07. The molecule has 65 heavy (non-hydrogen) atoms. The number of hydrogen-bond acceptors (Lipinski definition) is 3. The molecule has 3 aliphatic carbocycles. The Labute approximate surface area is 397 Å². The first-order valence-corrected chi connectivity index (χ1v) is 29.3. The first-order chi connectivity index (χ1) is 30.2. The van der Waals surface area contributed by atoms with E-state index in [2.05, 4.69) is 210 Å². The summed E-state index contributed by atoms with van der Waals surface area (Å²) in [6, 6.07) is 33.2. The molecule has 3 heterocycles. The number of hydrogen-bond donors (Lipinski definition) is 0. The molecule has 0 N–H and O–H groups in total. The molecule has 0 saturated carbocycles. The van der Waals surface area contributed by atoms with Gasteiger partial charge in [-0.2, -0.15) is 0 Å². The van der Waals surface area contributed by atoms with Crippen molar-refractivity contribution in [3.63, 3.8) is 0 Å². The molecule has 5 aromatic carbocycles. The summed E-state index contributed by atoms with van der Waals surface area (Å²) in [4.78, 5) is 5.44. The number of fused-ring (bicyclic) bond motifs is 9. The van der Waals surface area contributed by atoms with Gasteiger partial charge >= 0.3 is 0 Å². The van der Waals surface area contributed by atoms with E-state index in [4.69, 9.17) is 0 Å². The van der Waals surface area contributed by atoms with Gasteiger partial charge in [-0.1, -0.05) is 132 Å². The Morgan fingerprint density at radius 1 is 0.477 bits per heavy atom. The van der Waals surface area contributed by atoms with Crippen molar-refractivity contribution in [2.75, 3.05) is 9.80 Å². The predicted molar refractivity (Wildman–Crippen MR) is 289 cm³/mol. The molecule has 0 bridgehead atoms. The average Bonchev–Trinajstić information content (AvgIpc) is 3.60. The highest BCUT2D eigenvalue weighted by Crippen LogP contribution is 2.55. The van der Waals surface area contributed by atoms with Crippen molar-refractivity contribution in [3.8, 4) is 0 Å².